The number of ether oxygens (including phenoxy) is 2. The molecule has 1 atom stereocenters. The maximum absolute atomic E-state index is 13.1. The summed E-state index contributed by atoms with van der Waals surface area (Å²) < 4.78 is 11.5. The van der Waals surface area contributed by atoms with Crippen LogP contribution < -0.4 is 0 Å². The molecule has 1 unspecified atom stereocenters. The number of likely N-dealkylation sites (tertiary alicyclic amines) is 1. The van der Waals surface area contributed by atoms with Gasteiger partial charge in [0, 0.05) is 45.0 Å². The van der Waals surface area contributed by atoms with Gasteiger partial charge in [-0.3, -0.25) is 9.78 Å². The number of methoxy groups -OCH3 is 1. The lowest BCUT2D eigenvalue weighted by Crippen LogP contribution is -2.51. The van der Waals surface area contributed by atoms with Crippen LogP contribution in [0.25, 0.3) is 10.8 Å². The van der Waals surface area contributed by atoms with Crippen LogP contribution in [0.2, 0.25) is 0 Å². The largest absolute Gasteiger partial charge is 0.385 e. The predicted molar refractivity (Wildman–Crippen MR) is 105 cm³/mol. The van der Waals surface area contributed by atoms with Crippen molar-refractivity contribution in [2.45, 2.75) is 37.7 Å². The van der Waals surface area contributed by atoms with Crippen molar-refractivity contribution in [2.75, 3.05) is 33.4 Å². The van der Waals surface area contributed by atoms with Crippen molar-refractivity contribution in [2.24, 2.45) is 5.92 Å². The van der Waals surface area contributed by atoms with Crippen LogP contribution in [-0.2, 0) is 9.47 Å². The zero-order valence-corrected chi connectivity index (χ0v) is 16.0. The lowest BCUT2D eigenvalue weighted by molar-refractivity contribution is -0.125. The summed E-state index contributed by atoms with van der Waals surface area (Å²) in [6.07, 6.45) is 6.86. The zero-order valence-electron chi connectivity index (χ0n) is 16.0. The molecule has 144 valence electrons. The maximum atomic E-state index is 13.1. The Balaban J connectivity index is 1.43. The number of hydrogen-bond acceptors (Lipinski definition) is 4. The standard InChI is InChI=1S/C22H28N2O3/c1-26-14-7-17-8-15-27-22(16-17)9-12-24(13-10-22)21(25)20-19-5-3-2-4-18(19)6-11-23-20/h2-6,11,17H,7-10,12-16H2,1H3. The smallest absolute Gasteiger partial charge is 0.273 e. The summed E-state index contributed by atoms with van der Waals surface area (Å²) in [5.41, 5.74) is 0.506. The average molecular weight is 368 g/mol. The predicted octanol–water partition coefficient (Wildman–Crippen LogP) is 3.67. The summed E-state index contributed by atoms with van der Waals surface area (Å²) in [6, 6.07) is 9.90. The topological polar surface area (TPSA) is 51.7 Å². The Hall–Kier alpha value is -1.98. The van der Waals surface area contributed by atoms with Crippen LogP contribution in [0, 0.1) is 5.92 Å². The SMILES string of the molecule is COCCC1CCOC2(CCN(C(=O)c3nccc4ccccc34)CC2)C1. The number of amides is 1. The molecule has 2 aliphatic rings. The van der Waals surface area contributed by atoms with Gasteiger partial charge in [0.25, 0.3) is 5.91 Å². The number of carbonyl (C=O) groups is 1. The Morgan fingerprint density at radius 2 is 2.11 bits per heavy atom. The highest BCUT2D eigenvalue weighted by molar-refractivity contribution is 6.05. The second kappa shape index (κ2) is 7.95. The van der Waals surface area contributed by atoms with Crippen molar-refractivity contribution in [1.82, 2.24) is 9.88 Å². The lowest BCUT2D eigenvalue weighted by atomic mass is 9.78. The van der Waals surface area contributed by atoms with Gasteiger partial charge in [-0.05, 0) is 49.5 Å². The molecule has 2 aliphatic heterocycles. The fourth-order valence-corrected chi connectivity index (χ4v) is 4.57. The van der Waals surface area contributed by atoms with Crippen LogP contribution in [0.4, 0.5) is 0 Å². The van der Waals surface area contributed by atoms with Crippen molar-refractivity contribution >= 4 is 16.7 Å². The monoisotopic (exact) mass is 368 g/mol. The van der Waals surface area contributed by atoms with Crippen molar-refractivity contribution in [3.8, 4) is 0 Å². The molecule has 1 aromatic heterocycles. The van der Waals surface area contributed by atoms with Crippen LogP contribution in [-0.4, -0.2) is 54.8 Å². The first-order valence-corrected chi connectivity index (χ1v) is 9.97. The molecule has 0 bridgehead atoms. The third-order valence-corrected chi connectivity index (χ3v) is 6.16. The molecule has 5 nitrogen and oxygen atoms in total. The first kappa shape index (κ1) is 18.4. The molecule has 1 amide bonds. The molecule has 0 radical (unpaired) electrons. The molecule has 27 heavy (non-hydrogen) atoms. The second-order valence-electron chi connectivity index (χ2n) is 7.84. The normalized spacial score (nSPS) is 22.3. The van der Waals surface area contributed by atoms with Gasteiger partial charge in [-0.15, -0.1) is 0 Å². The van der Waals surface area contributed by atoms with Gasteiger partial charge >= 0.3 is 0 Å². The van der Waals surface area contributed by atoms with Gasteiger partial charge < -0.3 is 14.4 Å². The molecule has 0 saturated carbocycles. The van der Waals surface area contributed by atoms with Crippen LogP contribution in [0.3, 0.4) is 0 Å². The molecular formula is C22H28N2O3. The molecule has 3 heterocycles. The van der Waals surface area contributed by atoms with E-state index in [0.717, 1.165) is 69.2 Å². The van der Waals surface area contributed by atoms with Gasteiger partial charge in [-0.1, -0.05) is 24.3 Å². The van der Waals surface area contributed by atoms with E-state index in [4.69, 9.17) is 9.47 Å². The van der Waals surface area contributed by atoms with E-state index < -0.39 is 0 Å². The molecule has 0 aliphatic carbocycles. The highest BCUT2D eigenvalue weighted by atomic mass is 16.5. The zero-order chi connectivity index (χ0) is 18.7. The number of hydrogen-bond donors (Lipinski definition) is 0. The molecular weight excluding hydrogens is 340 g/mol. The van der Waals surface area contributed by atoms with Gasteiger partial charge in [-0.2, -0.15) is 0 Å². The fraction of sp³-hybridized carbons (Fsp3) is 0.545. The van der Waals surface area contributed by atoms with Gasteiger partial charge in [-0.25, -0.2) is 0 Å². The molecule has 0 N–H and O–H groups in total. The quantitative estimate of drug-likeness (QED) is 0.826. The Morgan fingerprint density at radius 1 is 1.30 bits per heavy atom. The molecule has 1 spiro atoms. The molecule has 2 saturated heterocycles. The van der Waals surface area contributed by atoms with E-state index >= 15 is 0 Å². The van der Waals surface area contributed by atoms with E-state index in [1.807, 2.05) is 35.2 Å². The van der Waals surface area contributed by atoms with Gasteiger partial charge in [0.2, 0.25) is 0 Å². The Kier molecular flexibility index (Phi) is 5.41. The van der Waals surface area contributed by atoms with Gasteiger partial charge in [0.1, 0.15) is 5.69 Å². The number of aromatic nitrogens is 1. The number of rotatable bonds is 4. The Labute approximate surface area is 160 Å². The number of fused-ring (bicyclic) bond motifs is 1. The second-order valence-corrected chi connectivity index (χ2v) is 7.84. The summed E-state index contributed by atoms with van der Waals surface area (Å²) in [4.78, 5) is 19.4. The highest BCUT2D eigenvalue weighted by Gasteiger charge is 2.41. The minimum atomic E-state index is -0.0559. The van der Waals surface area contributed by atoms with E-state index in [0.29, 0.717) is 11.6 Å². The number of nitrogens with zero attached hydrogens (tertiary/aromatic N) is 2. The average Bonchev–Trinajstić information content (AvgIpc) is 2.72. The summed E-state index contributed by atoms with van der Waals surface area (Å²) in [5.74, 6) is 0.703. The first-order chi connectivity index (χ1) is 13.2. The van der Waals surface area contributed by atoms with Gasteiger partial charge in [0.15, 0.2) is 0 Å². The Bertz CT molecular complexity index is 794. The van der Waals surface area contributed by atoms with Crippen LogP contribution in [0.5, 0.6) is 0 Å². The van der Waals surface area contributed by atoms with Crippen LogP contribution in [0.15, 0.2) is 36.5 Å². The molecule has 2 fully saturated rings. The van der Waals surface area contributed by atoms with Crippen molar-refractivity contribution in [3.05, 3.63) is 42.2 Å². The van der Waals surface area contributed by atoms with E-state index in [2.05, 4.69) is 4.98 Å². The fourth-order valence-electron chi connectivity index (χ4n) is 4.57. The summed E-state index contributed by atoms with van der Waals surface area (Å²) in [5, 5.41) is 1.99. The minimum absolute atomic E-state index is 0.0355. The number of benzene rings is 1. The number of piperidine rings is 1. The number of pyridine rings is 1. The minimum Gasteiger partial charge on any atom is -0.385 e. The van der Waals surface area contributed by atoms with Crippen LogP contribution in [0.1, 0.15) is 42.6 Å². The maximum Gasteiger partial charge on any atom is 0.273 e. The summed E-state index contributed by atoms with van der Waals surface area (Å²) >= 11 is 0. The van der Waals surface area contributed by atoms with Crippen molar-refractivity contribution < 1.29 is 14.3 Å². The van der Waals surface area contributed by atoms with Gasteiger partial charge in [0.05, 0.1) is 5.60 Å². The van der Waals surface area contributed by atoms with E-state index in [1.165, 1.54) is 0 Å². The van der Waals surface area contributed by atoms with E-state index in [9.17, 15) is 4.79 Å². The molecule has 5 heteroatoms. The lowest BCUT2D eigenvalue weighted by Gasteiger charge is -2.46. The van der Waals surface area contributed by atoms with Crippen molar-refractivity contribution in [3.63, 3.8) is 0 Å². The number of carbonyl (C=O) groups excluding carboxylic acids is 1. The third-order valence-electron chi connectivity index (χ3n) is 6.16. The van der Waals surface area contributed by atoms with E-state index in [1.54, 1.807) is 13.3 Å². The van der Waals surface area contributed by atoms with E-state index in [-0.39, 0.29) is 11.5 Å². The first-order valence-electron chi connectivity index (χ1n) is 9.97. The third kappa shape index (κ3) is 3.85. The molecule has 1 aromatic carbocycles. The molecule has 2 aromatic rings. The van der Waals surface area contributed by atoms with Crippen molar-refractivity contribution in [1.29, 1.82) is 0 Å². The molecule has 4 rings (SSSR count). The Morgan fingerprint density at radius 3 is 2.93 bits per heavy atom. The summed E-state index contributed by atoms with van der Waals surface area (Å²) in [7, 11) is 1.76. The van der Waals surface area contributed by atoms with Crippen LogP contribution >= 0.6 is 0 Å². The highest BCUT2D eigenvalue weighted by Crippen LogP contribution is 2.39. The summed E-state index contributed by atoms with van der Waals surface area (Å²) in [6.45, 7) is 3.12.